The van der Waals surface area contributed by atoms with Crippen LogP contribution in [0.25, 0.3) is 0 Å². The van der Waals surface area contributed by atoms with Crippen LogP contribution in [0.4, 0.5) is 5.69 Å². The molecule has 5 heteroatoms. The number of aryl methyl sites for hydroxylation is 1. The highest BCUT2D eigenvalue weighted by molar-refractivity contribution is 5.94. The van der Waals surface area contributed by atoms with Crippen LogP contribution in [-0.2, 0) is 6.54 Å². The second-order valence-corrected chi connectivity index (χ2v) is 4.31. The van der Waals surface area contributed by atoms with Gasteiger partial charge in [-0.15, -0.1) is 0 Å². The van der Waals surface area contributed by atoms with Gasteiger partial charge in [-0.2, -0.15) is 5.10 Å². The highest BCUT2D eigenvalue weighted by Gasteiger charge is 2.06. The van der Waals surface area contributed by atoms with E-state index < -0.39 is 0 Å². The normalized spacial score (nSPS) is 10.2. The third-order valence-corrected chi connectivity index (χ3v) is 2.90. The van der Waals surface area contributed by atoms with E-state index in [0.717, 1.165) is 23.5 Å². The van der Waals surface area contributed by atoms with Crippen molar-refractivity contribution in [1.82, 2.24) is 15.5 Å². The summed E-state index contributed by atoms with van der Waals surface area (Å²) in [5, 5.41) is 12.8. The Hall–Kier alpha value is -2.30. The van der Waals surface area contributed by atoms with Crippen molar-refractivity contribution in [3.8, 4) is 0 Å². The van der Waals surface area contributed by atoms with Gasteiger partial charge < -0.3 is 10.6 Å². The largest absolute Gasteiger partial charge is 0.385 e. The lowest BCUT2D eigenvalue weighted by atomic mass is 10.2. The number of rotatable bonds is 5. The molecule has 1 aromatic carbocycles. The predicted molar refractivity (Wildman–Crippen MR) is 75.1 cm³/mol. The van der Waals surface area contributed by atoms with Crippen molar-refractivity contribution in [2.75, 3.05) is 11.9 Å². The molecule has 5 nitrogen and oxygen atoms in total. The van der Waals surface area contributed by atoms with Crippen molar-refractivity contribution in [2.24, 2.45) is 0 Å². The van der Waals surface area contributed by atoms with Gasteiger partial charge in [0.05, 0.1) is 6.20 Å². The fraction of sp³-hybridized carbons (Fsp3) is 0.286. The van der Waals surface area contributed by atoms with Crippen molar-refractivity contribution in [2.45, 2.75) is 20.4 Å². The minimum absolute atomic E-state index is 0.0800. The summed E-state index contributed by atoms with van der Waals surface area (Å²) in [5.74, 6) is -0.0800. The molecule has 0 atom stereocenters. The van der Waals surface area contributed by atoms with E-state index in [1.165, 1.54) is 0 Å². The number of aromatic amines is 1. The quantitative estimate of drug-likeness (QED) is 0.769. The van der Waals surface area contributed by atoms with Crippen molar-refractivity contribution in [1.29, 1.82) is 0 Å². The molecule has 19 heavy (non-hydrogen) atoms. The molecule has 0 aliphatic carbocycles. The van der Waals surface area contributed by atoms with Gasteiger partial charge in [0.1, 0.15) is 0 Å². The molecule has 0 fully saturated rings. The van der Waals surface area contributed by atoms with Crippen LogP contribution in [0.2, 0.25) is 0 Å². The van der Waals surface area contributed by atoms with E-state index in [-0.39, 0.29) is 5.91 Å². The number of nitrogens with zero attached hydrogens (tertiary/aromatic N) is 1. The number of benzene rings is 1. The van der Waals surface area contributed by atoms with E-state index in [1.807, 2.05) is 38.1 Å². The van der Waals surface area contributed by atoms with Gasteiger partial charge in [-0.1, -0.05) is 0 Å². The maximum absolute atomic E-state index is 12.0. The number of nitrogens with one attached hydrogen (secondary N) is 3. The van der Waals surface area contributed by atoms with E-state index in [2.05, 4.69) is 20.8 Å². The molecular formula is C14H18N4O. The average molecular weight is 258 g/mol. The van der Waals surface area contributed by atoms with Crippen molar-refractivity contribution in [3.63, 3.8) is 0 Å². The van der Waals surface area contributed by atoms with Gasteiger partial charge >= 0.3 is 0 Å². The van der Waals surface area contributed by atoms with E-state index >= 15 is 0 Å². The molecule has 0 spiro atoms. The number of amides is 1. The molecule has 1 aromatic heterocycles. The van der Waals surface area contributed by atoms with Gasteiger partial charge in [-0.05, 0) is 38.1 Å². The zero-order valence-electron chi connectivity index (χ0n) is 11.2. The van der Waals surface area contributed by atoms with E-state index in [0.29, 0.717) is 12.1 Å². The molecule has 100 valence electrons. The molecule has 0 saturated heterocycles. The summed E-state index contributed by atoms with van der Waals surface area (Å²) in [6.45, 7) is 5.31. The first-order valence-corrected chi connectivity index (χ1v) is 6.31. The first-order chi connectivity index (χ1) is 9.20. The molecule has 0 aliphatic rings. The van der Waals surface area contributed by atoms with Crippen LogP contribution in [-0.4, -0.2) is 22.6 Å². The van der Waals surface area contributed by atoms with Gasteiger partial charge in [0.15, 0.2) is 0 Å². The Balaban J connectivity index is 1.94. The monoisotopic (exact) mass is 258 g/mol. The predicted octanol–water partition coefficient (Wildman–Crippen LogP) is 2.08. The molecule has 0 bridgehead atoms. The Morgan fingerprint density at radius 2 is 2.05 bits per heavy atom. The van der Waals surface area contributed by atoms with Crippen molar-refractivity contribution < 1.29 is 4.79 Å². The standard InChI is InChI=1S/C14H18N4O/c1-3-15-13-6-4-11(5-7-13)14(19)16-8-12-9-17-18-10(12)2/h4-7,9,15H,3,8H2,1-2H3,(H,16,19)(H,17,18). The fourth-order valence-corrected chi connectivity index (χ4v) is 1.78. The highest BCUT2D eigenvalue weighted by Crippen LogP contribution is 2.09. The lowest BCUT2D eigenvalue weighted by Crippen LogP contribution is -2.22. The zero-order chi connectivity index (χ0) is 13.7. The molecule has 0 aliphatic heterocycles. The molecule has 0 radical (unpaired) electrons. The summed E-state index contributed by atoms with van der Waals surface area (Å²) in [5.41, 5.74) is 3.65. The number of hydrogen-bond acceptors (Lipinski definition) is 3. The topological polar surface area (TPSA) is 69.8 Å². The lowest BCUT2D eigenvalue weighted by molar-refractivity contribution is 0.0951. The Labute approximate surface area is 112 Å². The summed E-state index contributed by atoms with van der Waals surface area (Å²) in [7, 11) is 0. The van der Waals surface area contributed by atoms with Gasteiger partial charge in [0.25, 0.3) is 5.91 Å². The van der Waals surface area contributed by atoms with E-state index in [4.69, 9.17) is 0 Å². The SMILES string of the molecule is CCNc1ccc(C(=O)NCc2cn[nH]c2C)cc1. The minimum Gasteiger partial charge on any atom is -0.385 e. The maximum atomic E-state index is 12.0. The number of aromatic nitrogens is 2. The third kappa shape index (κ3) is 3.34. The molecule has 2 rings (SSSR count). The first kappa shape index (κ1) is 13.1. The summed E-state index contributed by atoms with van der Waals surface area (Å²) in [6.07, 6.45) is 1.73. The van der Waals surface area contributed by atoms with Gasteiger partial charge in [0, 0.05) is 35.6 Å². The lowest BCUT2D eigenvalue weighted by Gasteiger charge is -2.06. The molecule has 1 heterocycles. The molecule has 0 saturated carbocycles. The second kappa shape index (κ2) is 6.04. The fourth-order valence-electron chi connectivity index (χ4n) is 1.78. The van der Waals surface area contributed by atoms with E-state index in [1.54, 1.807) is 6.20 Å². The Bertz CT molecular complexity index is 545. The number of H-pyrrole nitrogens is 1. The van der Waals surface area contributed by atoms with Crippen LogP contribution >= 0.6 is 0 Å². The molecular weight excluding hydrogens is 240 g/mol. The average Bonchev–Trinajstić information content (AvgIpc) is 2.83. The van der Waals surface area contributed by atoms with Gasteiger partial charge in [0.2, 0.25) is 0 Å². The third-order valence-electron chi connectivity index (χ3n) is 2.90. The summed E-state index contributed by atoms with van der Waals surface area (Å²) in [4.78, 5) is 12.0. The Morgan fingerprint density at radius 1 is 1.32 bits per heavy atom. The second-order valence-electron chi connectivity index (χ2n) is 4.31. The van der Waals surface area contributed by atoms with Crippen molar-refractivity contribution in [3.05, 3.63) is 47.3 Å². The van der Waals surface area contributed by atoms with Crippen molar-refractivity contribution >= 4 is 11.6 Å². The molecule has 3 N–H and O–H groups in total. The van der Waals surface area contributed by atoms with Crippen LogP contribution in [0.15, 0.2) is 30.5 Å². The van der Waals surface area contributed by atoms with Crippen LogP contribution in [0, 0.1) is 6.92 Å². The van der Waals surface area contributed by atoms with E-state index in [9.17, 15) is 4.79 Å². The minimum atomic E-state index is -0.0800. The molecule has 1 amide bonds. The highest BCUT2D eigenvalue weighted by atomic mass is 16.1. The first-order valence-electron chi connectivity index (χ1n) is 6.31. The zero-order valence-corrected chi connectivity index (χ0v) is 11.2. The molecule has 2 aromatic rings. The number of hydrogen-bond donors (Lipinski definition) is 3. The number of carbonyl (C=O) groups excluding carboxylic acids is 1. The van der Waals surface area contributed by atoms with Gasteiger partial charge in [-0.3, -0.25) is 9.89 Å². The van der Waals surface area contributed by atoms with Crippen LogP contribution < -0.4 is 10.6 Å². The summed E-state index contributed by atoms with van der Waals surface area (Å²) < 4.78 is 0. The summed E-state index contributed by atoms with van der Waals surface area (Å²) >= 11 is 0. The maximum Gasteiger partial charge on any atom is 0.251 e. The molecule has 0 unspecified atom stereocenters. The Morgan fingerprint density at radius 3 is 2.63 bits per heavy atom. The van der Waals surface area contributed by atoms with Crippen LogP contribution in [0.3, 0.4) is 0 Å². The number of anilines is 1. The smallest absolute Gasteiger partial charge is 0.251 e. The van der Waals surface area contributed by atoms with Crippen LogP contribution in [0.5, 0.6) is 0 Å². The van der Waals surface area contributed by atoms with Crippen LogP contribution in [0.1, 0.15) is 28.5 Å². The van der Waals surface area contributed by atoms with Gasteiger partial charge in [-0.25, -0.2) is 0 Å². The number of carbonyl (C=O) groups is 1. The summed E-state index contributed by atoms with van der Waals surface area (Å²) in [6, 6.07) is 7.44. The Kier molecular flexibility index (Phi) is 4.18.